The van der Waals surface area contributed by atoms with Crippen LogP contribution in [0.25, 0.3) is 32.9 Å². The van der Waals surface area contributed by atoms with E-state index in [0.29, 0.717) is 5.56 Å². The fourth-order valence-corrected chi connectivity index (χ4v) is 6.23. The second kappa shape index (κ2) is 13.2. The Morgan fingerprint density at radius 2 is 1.72 bits per heavy atom. The van der Waals surface area contributed by atoms with Gasteiger partial charge in [0.25, 0.3) is 5.91 Å². The molecule has 1 aliphatic heterocycles. The SMILES string of the molecule is CO[C@@H]1[C@@H](OC(N)O)[C@@H](O)[C@H](Oc2ccc3c(O)c(NC(=O)c4cc(O)c(O)c(-c5ccc6ccccc6c5)c4)c(=O)oc3c2C)OC1(C)C. The summed E-state index contributed by atoms with van der Waals surface area (Å²) in [4.78, 5) is 26.5. The van der Waals surface area contributed by atoms with Gasteiger partial charge in [-0.05, 0) is 67.4 Å². The summed E-state index contributed by atoms with van der Waals surface area (Å²) in [6, 6.07) is 18.1. The molecule has 1 unspecified atom stereocenters. The molecule has 1 aliphatic rings. The molecule has 0 spiro atoms. The summed E-state index contributed by atoms with van der Waals surface area (Å²) in [7, 11) is 1.39. The number of hydrogen-bond donors (Lipinski definition) is 7. The van der Waals surface area contributed by atoms with Crippen LogP contribution in [-0.4, -0.2) is 75.2 Å². The standard InChI is InChI=1S/C36H36N2O12/c1-16-24(47-34-28(42)30(49-35(37)45)31(46-4)36(2,3)50-34)12-11-21-27(41)25(33(44)48-29(16)21)38-32(43)20-14-22(26(40)23(39)15-20)19-10-9-17-7-5-6-8-18(17)13-19/h5-15,28,30-31,34-35,39-42,45H,37H2,1-4H3,(H,38,43)/t28-,30+,31-,34-,35?/m1/s1. The van der Waals surface area contributed by atoms with Gasteiger partial charge in [0, 0.05) is 23.8 Å². The normalized spacial score (nSPS) is 20.9. The highest BCUT2D eigenvalue weighted by atomic mass is 16.7. The molecule has 50 heavy (non-hydrogen) atoms. The van der Waals surface area contributed by atoms with Gasteiger partial charge in [-0.2, -0.15) is 0 Å². The number of aromatic hydroxyl groups is 3. The lowest BCUT2D eigenvalue weighted by Crippen LogP contribution is -2.65. The van der Waals surface area contributed by atoms with Crippen LogP contribution in [0.1, 0.15) is 29.8 Å². The second-order valence-corrected chi connectivity index (χ2v) is 12.4. The summed E-state index contributed by atoms with van der Waals surface area (Å²) in [6.45, 7) is 4.89. The number of carbonyl (C=O) groups is 1. The molecule has 262 valence electrons. The summed E-state index contributed by atoms with van der Waals surface area (Å²) < 4.78 is 28.3. The first-order valence-electron chi connectivity index (χ1n) is 15.5. The van der Waals surface area contributed by atoms with E-state index in [0.717, 1.165) is 16.8 Å². The molecule has 5 atom stereocenters. The lowest BCUT2D eigenvalue weighted by atomic mass is 9.89. The molecule has 6 rings (SSSR count). The Balaban J connectivity index is 1.29. The smallest absolute Gasteiger partial charge is 0.364 e. The highest BCUT2D eigenvalue weighted by Crippen LogP contribution is 2.41. The maximum Gasteiger partial charge on any atom is 0.364 e. The van der Waals surface area contributed by atoms with Gasteiger partial charge in [-0.15, -0.1) is 0 Å². The van der Waals surface area contributed by atoms with Gasteiger partial charge in [0.2, 0.25) is 12.7 Å². The van der Waals surface area contributed by atoms with E-state index in [-0.39, 0.29) is 33.4 Å². The van der Waals surface area contributed by atoms with Crippen LogP contribution in [0.3, 0.4) is 0 Å². The number of phenolic OH excluding ortho intramolecular Hbond substituents is 2. The zero-order chi connectivity index (χ0) is 36.1. The Bertz CT molecular complexity index is 2160. The van der Waals surface area contributed by atoms with Crippen molar-refractivity contribution in [2.45, 2.75) is 57.4 Å². The summed E-state index contributed by atoms with van der Waals surface area (Å²) in [5.74, 6) is -2.36. The number of aryl methyl sites for hydroxylation is 1. The molecule has 4 aromatic carbocycles. The number of nitrogens with two attached hydrogens (primary N) is 1. The van der Waals surface area contributed by atoms with Crippen molar-refractivity contribution in [1.29, 1.82) is 0 Å². The van der Waals surface area contributed by atoms with Crippen molar-refractivity contribution in [2.75, 3.05) is 12.4 Å². The molecule has 1 aromatic heterocycles. The highest BCUT2D eigenvalue weighted by molar-refractivity contribution is 6.08. The summed E-state index contributed by atoms with van der Waals surface area (Å²) in [6.07, 6.45) is -6.55. The molecular weight excluding hydrogens is 652 g/mol. The minimum atomic E-state index is -1.72. The van der Waals surface area contributed by atoms with Crippen molar-refractivity contribution in [1.82, 2.24) is 0 Å². The van der Waals surface area contributed by atoms with E-state index >= 15 is 0 Å². The van der Waals surface area contributed by atoms with Crippen LogP contribution in [0.4, 0.5) is 5.69 Å². The predicted molar refractivity (Wildman–Crippen MR) is 181 cm³/mol. The van der Waals surface area contributed by atoms with Crippen molar-refractivity contribution in [3.63, 3.8) is 0 Å². The fourth-order valence-electron chi connectivity index (χ4n) is 6.23. The molecule has 0 aliphatic carbocycles. The van der Waals surface area contributed by atoms with Gasteiger partial charge in [-0.25, -0.2) is 4.79 Å². The average molecular weight is 689 g/mol. The predicted octanol–water partition coefficient (Wildman–Crippen LogP) is 3.80. The lowest BCUT2D eigenvalue weighted by molar-refractivity contribution is -0.329. The molecule has 8 N–H and O–H groups in total. The molecule has 0 saturated carbocycles. The topological polar surface area (TPSA) is 223 Å². The van der Waals surface area contributed by atoms with E-state index in [9.17, 15) is 35.1 Å². The van der Waals surface area contributed by atoms with Gasteiger partial charge in [-0.1, -0.05) is 36.4 Å². The summed E-state index contributed by atoms with van der Waals surface area (Å²) in [5.41, 5.74) is 3.43. The highest BCUT2D eigenvalue weighted by Gasteiger charge is 2.52. The Morgan fingerprint density at radius 1 is 1.00 bits per heavy atom. The van der Waals surface area contributed by atoms with Crippen LogP contribution >= 0.6 is 0 Å². The van der Waals surface area contributed by atoms with Gasteiger partial charge >= 0.3 is 5.63 Å². The molecule has 2 heterocycles. The van der Waals surface area contributed by atoms with Crippen LogP contribution in [0, 0.1) is 6.92 Å². The first-order valence-corrected chi connectivity index (χ1v) is 15.5. The second-order valence-electron chi connectivity index (χ2n) is 12.4. The Hall–Kier alpha value is -5.22. The largest absolute Gasteiger partial charge is 0.505 e. The van der Waals surface area contributed by atoms with Crippen LogP contribution in [-0.2, 0) is 14.2 Å². The number of aliphatic hydroxyl groups is 2. The van der Waals surface area contributed by atoms with Crippen LogP contribution in [0.2, 0.25) is 0 Å². The maximum absolute atomic E-state index is 13.4. The number of anilines is 1. The zero-order valence-electron chi connectivity index (χ0n) is 27.4. The molecule has 0 bridgehead atoms. The Kier molecular flexibility index (Phi) is 9.17. The van der Waals surface area contributed by atoms with E-state index in [2.05, 4.69) is 5.32 Å². The van der Waals surface area contributed by atoms with Gasteiger partial charge in [-0.3, -0.25) is 10.5 Å². The first kappa shape index (κ1) is 34.6. The van der Waals surface area contributed by atoms with E-state index in [1.54, 1.807) is 32.9 Å². The number of phenols is 2. The third-order valence-electron chi connectivity index (χ3n) is 8.71. The number of ether oxygens (including phenoxy) is 4. The van der Waals surface area contributed by atoms with E-state index < -0.39 is 71.1 Å². The van der Waals surface area contributed by atoms with Gasteiger partial charge in [0.15, 0.2) is 22.9 Å². The molecule has 14 heteroatoms. The molecule has 0 radical (unpaired) electrons. The van der Waals surface area contributed by atoms with E-state index in [4.69, 9.17) is 29.1 Å². The minimum Gasteiger partial charge on any atom is -0.505 e. The number of carbonyl (C=O) groups excluding carboxylic acids is 1. The summed E-state index contributed by atoms with van der Waals surface area (Å²) >= 11 is 0. The number of rotatable bonds is 8. The quantitative estimate of drug-likeness (QED) is 0.0701. The van der Waals surface area contributed by atoms with Crippen LogP contribution in [0.5, 0.6) is 23.0 Å². The van der Waals surface area contributed by atoms with Crippen molar-refractivity contribution in [3.8, 4) is 34.1 Å². The molecule has 5 aromatic rings. The molecular formula is C36H36N2O12. The molecule has 1 fully saturated rings. The minimum absolute atomic E-state index is 0.0486. The third kappa shape index (κ3) is 6.31. The average Bonchev–Trinajstić information content (AvgIpc) is 3.07. The third-order valence-corrected chi connectivity index (χ3v) is 8.71. The number of fused-ring (bicyclic) bond motifs is 2. The number of aliphatic hydroxyl groups excluding tert-OH is 2. The molecule has 1 saturated heterocycles. The number of benzene rings is 4. The van der Waals surface area contributed by atoms with Gasteiger partial charge in [0.05, 0.1) is 11.0 Å². The lowest BCUT2D eigenvalue weighted by Gasteiger charge is -2.48. The van der Waals surface area contributed by atoms with Crippen LogP contribution in [0.15, 0.2) is 75.9 Å². The molecule has 14 nitrogen and oxygen atoms in total. The monoisotopic (exact) mass is 688 g/mol. The number of amides is 1. The molecule has 1 amide bonds. The van der Waals surface area contributed by atoms with Crippen molar-refractivity contribution >= 4 is 33.3 Å². The van der Waals surface area contributed by atoms with Gasteiger partial charge in [0.1, 0.15) is 29.6 Å². The number of nitrogens with one attached hydrogen (secondary N) is 1. The first-order chi connectivity index (χ1) is 23.7. The fraction of sp³-hybridized carbons (Fsp3) is 0.278. The van der Waals surface area contributed by atoms with Gasteiger partial charge < -0.3 is 54.2 Å². The van der Waals surface area contributed by atoms with Crippen molar-refractivity contribution < 1.29 is 53.7 Å². The van der Waals surface area contributed by atoms with E-state index in [1.165, 1.54) is 25.3 Å². The Labute approximate surface area is 284 Å². The van der Waals surface area contributed by atoms with Crippen LogP contribution < -0.4 is 21.4 Å². The van der Waals surface area contributed by atoms with Crippen molar-refractivity contribution in [3.05, 3.63) is 88.3 Å². The summed E-state index contributed by atoms with van der Waals surface area (Å²) in [5, 5.41) is 57.2. The zero-order valence-corrected chi connectivity index (χ0v) is 27.4. The Morgan fingerprint density at radius 3 is 2.42 bits per heavy atom. The number of hydrogen-bond acceptors (Lipinski definition) is 13. The number of methoxy groups -OCH3 is 1. The maximum atomic E-state index is 13.4. The van der Waals surface area contributed by atoms with Crippen molar-refractivity contribution in [2.24, 2.45) is 5.73 Å². The van der Waals surface area contributed by atoms with E-state index in [1.807, 2.05) is 30.3 Å².